The summed E-state index contributed by atoms with van der Waals surface area (Å²) >= 11 is 0. The van der Waals surface area contributed by atoms with Gasteiger partial charge in [0.05, 0.1) is 23.7 Å². The average Bonchev–Trinajstić information content (AvgIpc) is 2.60. The van der Waals surface area contributed by atoms with Gasteiger partial charge in [0, 0.05) is 19.8 Å². The lowest BCUT2D eigenvalue weighted by Gasteiger charge is -2.00. The van der Waals surface area contributed by atoms with E-state index in [1.54, 1.807) is 17.9 Å². The van der Waals surface area contributed by atoms with Crippen LogP contribution in [0.5, 0.6) is 0 Å². The highest BCUT2D eigenvalue weighted by molar-refractivity contribution is 5.95. The second-order valence-corrected chi connectivity index (χ2v) is 3.18. The molecule has 0 saturated heterocycles. The van der Waals surface area contributed by atoms with Crippen LogP contribution in [0.15, 0.2) is 6.20 Å². The lowest BCUT2D eigenvalue weighted by Crippen LogP contribution is -2.24. The molecule has 15 heavy (non-hydrogen) atoms. The highest BCUT2D eigenvalue weighted by Gasteiger charge is 2.13. The van der Waals surface area contributed by atoms with Gasteiger partial charge < -0.3 is 5.32 Å². The van der Waals surface area contributed by atoms with Crippen LogP contribution in [0.3, 0.4) is 0 Å². The van der Waals surface area contributed by atoms with E-state index in [9.17, 15) is 4.79 Å². The summed E-state index contributed by atoms with van der Waals surface area (Å²) < 4.78 is 1.62. The summed E-state index contributed by atoms with van der Waals surface area (Å²) in [5.74, 6) is -0.157. The second-order valence-electron chi connectivity index (χ2n) is 3.18. The van der Waals surface area contributed by atoms with E-state index in [4.69, 9.17) is 5.26 Å². The molecule has 80 valence electrons. The smallest absolute Gasteiger partial charge is 0.254 e. The van der Waals surface area contributed by atoms with Gasteiger partial charge in [0.15, 0.2) is 0 Å². The Bertz CT molecular complexity index is 389. The van der Waals surface area contributed by atoms with Crippen LogP contribution in [-0.4, -0.2) is 22.2 Å². The van der Waals surface area contributed by atoms with Crippen LogP contribution >= 0.6 is 0 Å². The summed E-state index contributed by atoms with van der Waals surface area (Å²) in [6, 6.07) is 1.97. The molecule has 0 aliphatic rings. The molecule has 0 aromatic carbocycles. The first kappa shape index (κ1) is 11.2. The van der Waals surface area contributed by atoms with Gasteiger partial charge in [-0.2, -0.15) is 10.4 Å². The summed E-state index contributed by atoms with van der Waals surface area (Å²) in [6.07, 6.45) is 2.75. The van der Waals surface area contributed by atoms with E-state index in [1.807, 2.05) is 13.0 Å². The van der Waals surface area contributed by atoms with Crippen molar-refractivity contribution in [2.75, 3.05) is 6.54 Å². The molecule has 5 nitrogen and oxygen atoms in total. The van der Waals surface area contributed by atoms with Gasteiger partial charge in [0.1, 0.15) is 0 Å². The van der Waals surface area contributed by atoms with Gasteiger partial charge in [-0.1, -0.05) is 6.92 Å². The third-order valence-electron chi connectivity index (χ3n) is 2.01. The van der Waals surface area contributed by atoms with E-state index >= 15 is 0 Å². The number of nitrogens with zero attached hydrogens (tertiary/aromatic N) is 3. The number of carbonyl (C=O) groups is 1. The number of hydrogen-bond acceptors (Lipinski definition) is 3. The lowest BCUT2D eigenvalue weighted by molar-refractivity contribution is 0.0953. The third kappa shape index (κ3) is 2.81. The number of rotatable bonds is 4. The Balaban J connectivity index is 2.69. The monoisotopic (exact) mass is 206 g/mol. The number of aromatic nitrogens is 2. The average molecular weight is 206 g/mol. The summed E-state index contributed by atoms with van der Waals surface area (Å²) in [4.78, 5) is 11.6. The summed E-state index contributed by atoms with van der Waals surface area (Å²) in [6.45, 7) is 2.34. The number of nitrogens with one attached hydrogen (secondary N) is 1. The minimum absolute atomic E-state index is 0.157. The largest absolute Gasteiger partial charge is 0.351 e. The molecule has 5 heteroatoms. The Labute approximate surface area is 88.7 Å². The number of nitriles is 1. The molecular weight excluding hydrogens is 192 g/mol. The van der Waals surface area contributed by atoms with Gasteiger partial charge in [-0.05, 0) is 6.42 Å². The maximum Gasteiger partial charge on any atom is 0.254 e. The zero-order valence-electron chi connectivity index (χ0n) is 8.95. The van der Waals surface area contributed by atoms with E-state index in [1.165, 1.54) is 0 Å². The molecule has 1 rings (SSSR count). The highest BCUT2D eigenvalue weighted by Crippen LogP contribution is 2.06. The molecular formula is C10H14N4O. The zero-order valence-corrected chi connectivity index (χ0v) is 8.95. The minimum atomic E-state index is -0.157. The molecule has 0 aliphatic carbocycles. The van der Waals surface area contributed by atoms with Crippen molar-refractivity contribution >= 4 is 5.91 Å². The standard InChI is InChI=1S/C10H14N4O/c1-3-9-8(7-14(2)13-9)10(15)12-6-4-5-11/h7H,3-4,6H2,1-2H3,(H,12,15). The highest BCUT2D eigenvalue weighted by atomic mass is 16.1. The lowest BCUT2D eigenvalue weighted by atomic mass is 10.2. The van der Waals surface area contributed by atoms with Gasteiger partial charge >= 0.3 is 0 Å². The predicted octanol–water partition coefficient (Wildman–Crippen LogP) is 0.626. The molecule has 0 fully saturated rings. The molecule has 1 N–H and O–H groups in total. The third-order valence-corrected chi connectivity index (χ3v) is 2.01. The summed E-state index contributed by atoms with van der Waals surface area (Å²) in [5.41, 5.74) is 1.38. The molecule has 0 aliphatic heterocycles. The van der Waals surface area contributed by atoms with Gasteiger partial charge in [0.25, 0.3) is 5.91 Å². The SMILES string of the molecule is CCc1nn(C)cc1C(=O)NCCC#N. The fourth-order valence-corrected chi connectivity index (χ4v) is 1.31. The van der Waals surface area contributed by atoms with Crippen molar-refractivity contribution in [3.8, 4) is 6.07 Å². The first-order chi connectivity index (χ1) is 7.19. The minimum Gasteiger partial charge on any atom is -0.351 e. The van der Waals surface area contributed by atoms with Crippen LogP contribution in [-0.2, 0) is 13.5 Å². The van der Waals surface area contributed by atoms with Crippen molar-refractivity contribution in [3.63, 3.8) is 0 Å². The Morgan fingerprint density at radius 2 is 2.47 bits per heavy atom. The Kier molecular flexibility index (Phi) is 3.86. The molecule has 0 bridgehead atoms. The van der Waals surface area contributed by atoms with Crippen LogP contribution in [0, 0.1) is 11.3 Å². The van der Waals surface area contributed by atoms with E-state index in [2.05, 4.69) is 10.4 Å². The molecule has 0 saturated carbocycles. The van der Waals surface area contributed by atoms with E-state index in [-0.39, 0.29) is 5.91 Å². The fraction of sp³-hybridized carbons (Fsp3) is 0.500. The fourth-order valence-electron chi connectivity index (χ4n) is 1.31. The van der Waals surface area contributed by atoms with E-state index < -0.39 is 0 Å². The maximum absolute atomic E-state index is 11.6. The topological polar surface area (TPSA) is 70.7 Å². The molecule has 1 aromatic rings. The van der Waals surface area contributed by atoms with E-state index in [0.29, 0.717) is 18.5 Å². The number of aryl methyl sites for hydroxylation is 2. The van der Waals surface area contributed by atoms with Crippen LogP contribution in [0.2, 0.25) is 0 Å². The van der Waals surface area contributed by atoms with Gasteiger partial charge in [-0.15, -0.1) is 0 Å². The molecule has 0 radical (unpaired) electrons. The Hall–Kier alpha value is -1.83. The molecule has 1 heterocycles. The summed E-state index contributed by atoms with van der Waals surface area (Å²) in [7, 11) is 1.78. The zero-order chi connectivity index (χ0) is 11.3. The number of amides is 1. The molecule has 1 aromatic heterocycles. The summed E-state index contributed by atoms with van der Waals surface area (Å²) in [5, 5.41) is 15.2. The van der Waals surface area contributed by atoms with Crippen LogP contribution in [0.1, 0.15) is 29.4 Å². The van der Waals surface area contributed by atoms with Crippen molar-refractivity contribution in [2.45, 2.75) is 19.8 Å². The predicted molar refractivity (Wildman–Crippen MR) is 55.1 cm³/mol. The van der Waals surface area contributed by atoms with Crippen molar-refractivity contribution < 1.29 is 4.79 Å². The van der Waals surface area contributed by atoms with Crippen LogP contribution < -0.4 is 5.32 Å². The van der Waals surface area contributed by atoms with Crippen molar-refractivity contribution in [3.05, 3.63) is 17.5 Å². The maximum atomic E-state index is 11.6. The first-order valence-electron chi connectivity index (χ1n) is 4.86. The van der Waals surface area contributed by atoms with Crippen molar-refractivity contribution in [1.82, 2.24) is 15.1 Å². The normalized spacial score (nSPS) is 9.67. The molecule has 0 unspecified atom stereocenters. The Morgan fingerprint density at radius 1 is 1.73 bits per heavy atom. The van der Waals surface area contributed by atoms with Gasteiger partial charge in [-0.25, -0.2) is 0 Å². The van der Waals surface area contributed by atoms with Crippen molar-refractivity contribution in [1.29, 1.82) is 5.26 Å². The van der Waals surface area contributed by atoms with Crippen LogP contribution in [0.25, 0.3) is 0 Å². The molecule has 0 atom stereocenters. The first-order valence-corrected chi connectivity index (χ1v) is 4.86. The van der Waals surface area contributed by atoms with Gasteiger partial charge in [0.2, 0.25) is 0 Å². The number of hydrogen-bond donors (Lipinski definition) is 1. The van der Waals surface area contributed by atoms with E-state index in [0.717, 1.165) is 12.1 Å². The van der Waals surface area contributed by atoms with Crippen LogP contribution in [0.4, 0.5) is 0 Å². The van der Waals surface area contributed by atoms with Crippen molar-refractivity contribution in [2.24, 2.45) is 7.05 Å². The quantitative estimate of drug-likeness (QED) is 0.734. The molecule has 1 amide bonds. The second kappa shape index (κ2) is 5.15. The number of carbonyl (C=O) groups excluding carboxylic acids is 1. The van der Waals surface area contributed by atoms with Gasteiger partial charge in [-0.3, -0.25) is 9.48 Å². The Morgan fingerprint density at radius 3 is 3.07 bits per heavy atom. The molecule has 0 spiro atoms.